The van der Waals surface area contributed by atoms with Gasteiger partial charge in [0.25, 0.3) is 0 Å². The number of carbonyl (C=O) groups is 1. The number of rotatable bonds is 6. The minimum absolute atomic E-state index is 0.225. The summed E-state index contributed by atoms with van der Waals surface area (Å²) in [6, 6.07) is 0. The molecule has 4 heteroatoms. The number of ether oxygens (including phenoxy) is 1. The van der Waals surface area contributed by atoms with E-state index in [-0.39, 0.29) is 11.0 Å². The van der Waals surface area contributed by atoms with Crippen molar-refractivity contribution in [2.45, 2.75) is 64.6 Å². The normalized spacial score (nSPS) is 11.4. The average molecular weight is 335 g/mol. The fraction of sp³-hybridized carbons (Fsp3) is 0.632. The van der Waals surface area contributed by atoms with Crippen LogP contribution < -0.4 is 0 Å². The molecule has 0 aromatic rings. The molecular weight excluding hydrogens is 304 g/mol. The summed E-state index contributed by atoms with van der Waals surface area (Å²) in [5, 5.41) is 0.225. The summed E-state index contributed by atoms with van der Waals surface area (Å²) in [6.45, 7) is 11.7. The summed E-state index contributed by atoms with van der Waals surface area (Å²) < 4.78 is 10.5. The van der Waals surface area contributed by atoms with Crippen LogP contribution in [0.15, 0.2) is 12.2 Å². The number of hydrogen-bond donors (Lipinski definition) is 0. The Morgan fingerprint density at radius 3 is 2.17 bits per heavy atom. The van der Waals surface area contributed by atoms with Crippen LogP contribution in [0, 0.1) is 23.7 Å². The maximum atomic E-state index is 10.8. The van der Waals surface area contributed by atoms with Crippen molar-refractivity contribution in [3.05, 3.63) is 12.2 Å². The predicted molar refractivity (Wildman–Crippen MR) is 98.3 cm³/mol. The third-order valence-electron chi connectivity index (χ3n) is 3.83. The lowest BCUT2D eigenvalue weighted by Gasteiger charge is -2.35. The molecule has 0 N–H and O–H groups in total. The highest BCUT2D eigenvalue weighted by atomic mass is 28.4. The second kappa shape index (κ2) is 11.1. The van der Waals surface area contributed by atoms with Crippen molar-refractivity contribution >= 4 is 14.3 Å². The van der Waals surface area contributed by atoms with Crippen LogP contribution in [0.3, 0.4) is 0 Å². The van der Waals surface area contributed by atoms with E-state index in [2.05, 4.69) is 62.3 Å². The molecule has 3 nitrogen and oxygen atoms in total. The SMILES string of the molecule is COC(=O)/C=C/CCC#CCCC#CCO[Si](C)(C)C(C)(C)C. The average Bonchev–Trinajstić information content (AvgIpc) is 2.46. The maximum Gasteiger partial charge on any atom is 0.330 e. The van der Waals surface area contributed by atoms with E-state index in [0.717, 1.165) is 25.7 Å². The largest absolute Gasteiger partial charge is 0.466 e. The number of hydrogen-bond acceptors (Lipinski definition) is 3. The van der Waals surface area contributed by atoms with Crippen molar-refractivity contribution in [3.63, 3.8) is 0 Å². The van der Waals surface area contributed by atoms with Crippen LogP contribution in [-0.2, 0) is 14.0 Å². The lowest BCUT2D eigenvalue weighted by Crippen LogP contribution is -2.40. The number of carbonyl (C=O) groups excluding carboxylic acids is 1. The molecule has 23 heavy (non-hydrogen) atoms. The van der Waals surface area contributed by atoms with Gasteiger partial charge in [0, 0.05) is 25.3 Å². The molecule has 0 unspecified atom stereocenters. The van der Waals surface area contributed by atoms with Gasteiger partial charge in [-0.25, -0.2) is 4.79 Å². The summed E-state index contributed by atoms with van der Waals surface area (Å²) in [4.78, 5) is 10.8. The van der Waals surface area contributed by atoms with Crippen molar-refractivity contribution in [2.24, 2.45) is 0 Å². The van der Waals surface area contributed by atoms with E-state index in [9.17, 15) is 4.79 Å². The summed E-state index contributed by atoms with van der Waals surface area (Å²) in [7, 11) is -0.314. The first kappa shape index (κ1) is 21.5. The summed E-state index contributed by atoms with van der Waals surface area (Å²) in [5.74, 6) is 12.0. The number of unbranched alkanes of at least 4 members (excludes halogenated alkanes) is 2. The number of allylic oxidation sites excluding steroid dienone is 1. The molecule has 0 saturated carbocycles. The highest BCUT2D eigenvalue weighted by molar-refractivity contribution is 6.74. The van der Waals surface area contributed by atoms with Crippen LogP contribution in [0.4, 0.5) is 0 Å². The predicted octanol–water partition coefficient (Wildman–Crippen LogP) is 4.30. The first-order chi connectivity index (χ1) is 10.7. The monoisotopic (exact) mass is 334 g/mol. The van der Waals surface area contributed by atoms with Gasteiger partial charge in [-0.15, -0.1) is 11.8 Å². The smallest absolute Gasteiger partial charge is 0.330 e. The summed E-state index contributed by atoms with van der Waals surface area (Å²) in [5.41, 5.74) is 0. The van der Waals surface area contributed by atoms with Crippen LogP contribution >= 0.6 is 0 Å². The van der Waals surface area contributed by atoms with Crippen LogP contribution in [0.25, 0.3) is 0 Å². The van der Waals surface area contributed by atoms with E-state index in [0.29, 0.717) is 6.61 Å². The molecule has 0 aromatic carbocycles. The lowest BCUT2D eigenvalue weighted by atomic mass is 10.2. The Labute approximate surface area is 143 Å². The molecule has 0 aliphatic heterocycles. The molecule has 0 heterocycles. The van der Waals surface area contributed by atoms with Crippen LogP contribution in [-0.4, -0.2) is 28.0 Å². The van der Waals surface area contributed by atoms with Gasteiger partial charge in [0.1, 0.15) is 0 Å². The zero-order valence-corrected chi connectivity index (χ0v) is 16.4. The number of esters is 1. The fourth-order valence-electron chi connectivity index (χ4n) is 1.28. The Morgan fingerprint density at radius 1 is 1.04 bits per heavy atom. The molecule has 0 aliphatic carbocycles. The van der Waals surface area contributed by atoms with Crippen LogP contribution in [0.1, 0.15) is 46.5 Å². The van der Waals surface area contributed by atoms with Crippen molar-refractivity contribution in [3.8, 4) is 23.7 Å². The van der Waals surface area contributed by atoms with Gasteiger partial charge in [-0.1, -0.05) is 38.7 Å². The van der Waals surface area contributed by atoms with E-state index < -0.39 is 8.32 Å². The molecule has 0 saturated heterocycles. The Morgan fingerprint density at radius 2 is 1.61 bits per heavy atom. The maximum absolute atomic E-state index is 10.8. The molecular formula is C19H30O3Si. The Hall–Kier alpha value is -1.49. The first-order valence-corrected chi connectivity index (χ1v) is 10.9. The zero-order valence-electron chi connectivity index (χ0n) is 15.4. The standard InChI is InChI=1S/C19H30O3Si/c1-19(2,3)23(5,6)22-17-15-13-11-9-7-8-10-12-14-16-18(20)21-4/h14,16H,9-12,17H2,1-6H3/b16-14+. The van der Waals surface area contributed by atoms with Crippen molar-refractivity contribution in [2.75, 3.05) is 13.7 Å². The minimum Gasteiger partial charge on any atom is -0.466 e. The van der Waals surface area contributed by atoms with Gasteiger partial charge in [0.15, 0.2) is 8.32 Å². The second-order valence-electron chi connectivity index (χ2n) is 6.72. The number of methoxy groups -OCH3 is 1. The second-order valence-corrected chi connectivity index (χ2v) is 11.5. The Balaban J connectivity index is 3.81. The van der Waals surface area contributed by atoms with E-state index >= 15 is 0 Å². The van der Waals surface area contributed by atoms with Crippen molar-refractivity contribution in [1.29, 1.82) is 0 Å². The van der Waals surface area contributed by atoms with Crippen molar-refractivity contribution in [1.82, 2.24) is 0 Å². The Kier molecular flexibility index (Phi) is 10.4. The van der Waals surface area contributed by atoms with Gasteiger partial charge >= 0.3 is 5.97 Å². The van der Waals surface area contributed by atoms with Gasteiger partial charge in [-0.2, -0.15) is 0 Å². The van der Waals surface area contributed by atoms with Crippen molar-refractivity contribution < 1.29 is 14.0 Å². The molecule has 0 aliphatic rings. The van der Waals surface area contributed by atoms with Gasteiger partial charge < -0.3 is 9.16 Å². The minimum atomic E-state index is -1.68. The lowest BCUT2D eigenvalue weighted by molar-refractivity contribution is -0.134. The molecule has 0 aromatic heterocycles. The van der Waals surface area contributed by atoms with E-state index in [1.165, 1.54) is 13.2 Å². The topological polar surface area (TPSA) is 35.5 Å². The van der Waals surface area contributed by atoms with Crippen LogP contribution in [0.5, 0.6) is 0 Å². The van der Waals surface area contributed by atoms with E-state index in [1.807, 2.05) is 0 Å². The summed E-state index contributed by atoms with van der Waals surface area (Å²) in [6.07, 6.45) is 6.25. The molecule has 0 amide bonds. The van der Waals surface area contributed by atoms with Gasteiger partial charge in [0.05, 0.1) is 13.7 Å². The molecule has 0 bridgehead atoms. The molecule has 0 atom stereocenters. The van der Waals surface area contributed by atoms with E-state index in [1.54, 1.807) is 6.08 Å². The summed E-state index contributed by atoms with van der Waals surface area (Å²) >= 11 is 0. The molecule has 0 fully saturated rings. The third kappa shape index (κ3) is 10.8. The molecule has 0 spiro atoms. The third-order valence-corrected chi connectivity index (χ3v) is 8.31. The molecule has 0 rings (SSSR count). The van der Waals surface area contributed by atoms with Gasteiger partial charge in [-0.05, 0) is 24.6 Å². The Bertz CT molecular complexity index is 505. The molecule has 0 radical (unpaired) electrons. The highest BCUT2D eigenvalue weighted by Crippen LogP contribution is 2.36. The highest BCUT2D eigenvalue weighted by Gasteiger charge is 2.36. The van der Waals surface area contributed by atoms with E-state index in [4.69, 9.17) is 4.43 Å². The first-order valence-electron chi connectivity index (χ1n) is 8.00. The molecule has 128 valence electrons. The van der Waals surface area contributed by atoms with Gasteiger partial charge in [0.2, 0.25) is 0 Å². The quantitative estimate of drug-likeness (QED) is 0.239. The van der Waals surface area contributed by atoms with Crippen LogP contribution in [0.2, 0.25) is 18.1 Å². The zero-order chi connectivity index (χ0) is 17.8. The van der Waals surface area contributed by atoms with Gasteiger partial charge in [-0.3, -0.25) is 0 Å². The fourth-order valence-corrected chi connectivity index (χ4v) is 2.14.